The van der Waals surface area contributed by atoms with Gasteiger partial charge in [-0.2, -0.15) is 5.26 Å². The molecule has 0 aliphatic rings. The second-order valence-electron chi connectivity index (χ2n) is 5.99. The molecule has 0 saturated heterocycles. The number of anilines is 1. The Morgan fingerprint density at radius 1 is 1.25 bits per heavy atom. The fourth-order valence-corrected chi connectivity index (χ4v) is 3.75. The minimum Gasteiger partial charge on any atom is -0.497 e. The number of nitriles is 1. The van der Waals surface area contributed by atoms with Crippen molar-refractivity contribution >= 4 is 32.6 Å². The van der Waals surface area contributed by atoms with Gasteiger partial charge in [0.05, 0.1) is 41.8 Å². The monoisotopic (exact) mass is 389 g/mol. The number of hydrogen-bond donors (Lipinski definition) is 0. The van der Waals surface area contributed by atoms with Gasteiger partial charge in [0, 0.05) is 5.56 Å². The summed E-state index contributed by atoms with van der Waals surface area (Å²) in [5, 5.41) is 9.54. The highest BCUT2D eigenvalue weighted by atomic mass is 32.1. The predicted octanol–water partition coefficient (Wildman–Crippen LogP) is 4.62. The molecular formula is C21H15N3O3S. The molecule has 4 aromatic rings. The quantitative estimate of drug-likeness (QED) is 0.498. The van der Waals surface area contributed by atoms with Gasteiger partial charge >= 0.3 is 0 Å². The standard InChI is InChI=1S/C21H15N3O3S/c1-26-16-8-9-18-19(11-16)28-21(23-18)24(13-17-3-2-10-27-17)20(25)15-6-4-14(12-22)5-7-15/h2-11H,13H2,1H3. The molecule has 0 unspecified atom stereocenters. The number of benzene rings is 2. The first-order valence-corrected chi connectivity index (χ1v) is 9.28. The van der Waals surface area contributed by atoms with Gasteiger partial charge in [0.25, 0.3) is 5.91 Å². The lowest BCUT2D eigenvalue weighted by molar-refractivity contribution is 0.0983. The molecule has 2 aromatic carbocycles. The Hall–Kier alpha value is -3.63. The van der Waals surface area contributed by atoms with Gasteiger partial charge < -0.3 is 9.15 Å². The predicted molar refractivity (Wildman–Crippen MR) is 107 cm³/mol. The maximum atomic E-state index is 13.2. The largest absolute Gasteiger partial charge is 0.497 e. The van der Waals surface area contributed by atoms with Crippen LogP contribution in [0.2, 0.25) is 0 Å². The van der Waals surface area contributed by atoms with E-state index in [1.54, 1.807) is 48.6 Å². The van der Waals surface area contributed by atoms with Crippen LogP contribution in [0.1, 0.15) is 21.7 Å². The average Bonchev–Trinajstić information content (AvgIpc) is 3.40. The molecule has 7 heteroatoms. The molecule has 0 spiro atoms. The van der Waals surface area contributed by atoms with E-state index in [-0.39, 0.29) is 12.5 Å². The van der Waals surface area contributed by atoms with Crippen molar-refractivity contribution in [1.82, 2.24) is 4.98 Å². The van der Waals surface area contributed by atoms with Crippen molar-refractivity contribution in [2.75, 3.05) is 12.0 Å². The summed E-state index contributed by atoms with van der Waals surface area (Å²) in [6, 6.07) is 17.8. The van der Waals surface area contributed by atoms with Crippen molar-refractivity contribution in [3.05, 3.63) is 77.7 Å². The highest BCUT2D eigenvalue weighted by Gasteiger charge is 2.23. The van der Waals surface area contributed by atoms with Crippen LogP contribution in [0, 0.1) is 11.3 Å². The van der Waals surface area contributed by atoms with Crippen molar-refractivity contribution in [2.45, 2.75) is 6.54 Å². The second-order valence-corrected chi connectivity index (χ2v) is 7.00. The average molecular weight is 389 g/mol. The molecule has 28 heavy (non-hydrogen) atoms. The third-order valence-corrected chi connectivity index (χ3v) is 5.26. The maximum absolute atomic E-state index is 13.2. The molecular weight excluding hydrogens is 374 g/mol. The Balaban J connectivity index is 1.74. The number of ether oxygens (including phenoxy) is 1. The molecule has 0 aliphatic heterocycles. The van der Waals surface area contributed by atoms with Gasteiger partial charge in [0.1, 0.15) is 11.5 Å². The zero-order valence-electron chi connectivity index (χ0n) is 15.0. The van der Waals surface area contributed by atoms with Gasteiger partial charge in [-0.1, -0.05) is 11.3 Å². The Kier molecular flexibility index (Phi) is 4.79. The Labute approximate surface area is 165 Å². The van der Waals surface area contributed by atoms with E-state index in [0.29, 0.717) is 22.0 Å². The van der Waals surface area contributed by atoms with Gasteiger partial charge in [-0.05, 0) is 54.6 Å². The molecule has 0 N–H and O–H groups in total. The Morgan fingerprint density at radius 2 is 2.07 bits per heavy atom. The van der Waals surface area contributed by atoms with E-state index in [9.17, 15) is 4.79 Å². The minimum atomic E-state index is -0.216. The van der Waals surface area contributed by atoms with E-state index in [1.807, 2.05) is 24.3 Å². The molecule has 0 bridgehead atoms. The second kappa shape index (κ2) is 7.55. The molecule has 0 atom stereocenters. The van der Waals surface area contributed by atoms with Gasteiger partial charge in [-0.3, -0.25) is 9.69 Å². The number of amides is 1. The minimum absolute atomic E-state index is 0.216. The van der Waals surface area contributed by atoms with Crippen LogP contribution in [0.5, 0.6) is 5.75 Å². The Morgan fingerprint density at radius 3 is 2.75 bits per heavy atom. The van der Waals surface area contributed by atoms with E-state index in [2.05, 4.69) is 11.1 Å². The number of hydrogen-bond acceptors (Lipinski definition) is 6. The van der Waals surface area contributed by atoms with Gasteiger partial charge in [-0.25, -0.2) is 4.98 Å². The van der Waals surface area contributed by atoms with Crippen LogP contribution in [-0.2, 0) is 6.54 Å². The number of fused-ring (bicyclic) bond motifs is 1. The van der Waals surface area contributed by atoms with E-state index in [1.165, 1.54) is 11.3 Å². The van der Waals surface area contributed by atoms with E-state index < -0.39 is 0 Å². The lowest BCUT2D eigenvalue weighted by Crippen LogP contribution is -2.30. The first kappa shape index (κ1) is 17.8. The first-order chi connectivity index (χ1) is 13.7. The molecule has 2 aromatic heterocycles. The summed E-state index contributed by atoms with van der Waals surface area (Å²) >= 11 is 1.41. The fraction of sp³-hybridized carbons (Fsp3) is 0.0952. The van der Waals surface area contributed by atoms with Gasteiger partial charge in [0.15, 0.2) is 5.13 Å². The summed E-state index contributed by atoms with van der Waals surface area (Å²) in [6.07, 6.45) is 1.57. The van der Waals surface area contributed by atoms with Crippen LogP contribution >= 0.6 is 11.3 Å². The van der Waals surface area contributed by atoms with Gasteiger partial charge in [-0.15, -0.1) is 0 Å². The molecule has 4 rings (SSSR count). The number of aromatic nitrogens is 1. The lowest BCUT2D eigenvalue weighted by atomic mass is 10.1. The number of furan rings is 1. The summed E-state index contributed by atoms with van der Waals surface area (Å²) in [7, 11) is 1.61. The van der Waals surface area contributed by atoms with Crippen molar-refractivity contribution in [1.29, 1.82) is 5.26 Å². The van der Waals surface area contributed by atoms with Gasteiger partial charge in [0.2, 0.25) is 0 Å². The van der Waals surface area contributed by atoms with E-state index in [4.69, 9.17) is 14.4 Å². The molecule has 6 nitrogen and oxygen atoms in total. The highest BCUT2D eigenvalue weighted by Crippen LogP contribution is 2.33. The highest BCUT2D eigenvalue weighted by molar-refractivity contribution is 7.22. The van der Waals surface area contributed by atoms with Crippen LogP contribution in [0.15, 0.2) is 65.3 Å². The van der Waals surface area contributed by atoms with Crippen molar-refractivity contribution in [2.24, 2.45) is 0 Å². The zero-order chi connectivity index (χ0) is 19.5. The Bertz CT molecular complexity index is 1160. The number of carbonyl (C=O) groups excluding carboxylic acids is 1. The number of methoxy groups -OCH3 is 1. The van der Waals surface area contributed by atoms with E-state index >= 15 is 0 Å². The molecule has 0 fully saturated rings. The smallest absolute Gasteiger partial charge is 0.260 e. The van der Waals surface area contributed by atoms with Crippen LogP contribution in [0.3, 0.4) is 0 Å². The SMILES string of the molecule is COc1ccc2nc(N(Cc3ccco3)C(=O)c3ccc(C#N)cc3)sc2c1. The van der Waals surface area contributed by atoms with Crippen LogP contribution < -0.4 is 9.64 Å². The van der Waals surface area contributed by atoms with Crippen LogP contribution in [0.25, 0.3) is 10.2 Å². The summed E-state index contributed by atoms with van der Waals surface area (Å²) in [6.45, 7) is 0.253. The van der Waals surface area contributed by atoms with Crippen LogP contribution in [0.4, 0.5) is 5.13 Å². The van der Waals surface area contributed by atoms with E-state index in [0.717, 1.165) is 16.0 Å². The summed E-state index contributed by atoms with van der Waals surface area (Å²) in [5.74, 6) is 1.17. The maximum Gasteiger partial charge on any atom is 0.260 e. The number of carbonyl (C=O) groups is 1. The summed E-state index contributed by atoms with van der Waals surface area (Å²) in [4.78, 5) is 19.4. The number of thiazole rings is 1. The third-order valence-electron chi connectivity index (χ3n) is 4.22. The molecule has 0 radical (unpaired) electrons. The molecule has 2 heterocycles. The van der Waals surface area contributed by atoms with Crippen molar-refractivity contribution in [3.8, 4) is 11.8 Å². The summed E-state index contributed by atoms with van der Waals surface area (Å²) in [5.41, 5.74) is 1.77. The summed E-state index contributed by atoms with van der Waals surface area (Å²) < 4.78 is 11.6. The fourth-order valence-electron chi connectivity index (χ4n) is 2.76. The van der Waals surface area contributed by atoms with Crippen LogP contribution in [-0.4, -0.2) is 18.0 Å². The molecule has 1 amide bonds. The lowest BCUT2D eigenvalue weighted by Gasteiger charge is -2.18. The topological polar surface area (TPSA) is 79.4 Å². The number of rotatable bonds is 5. The normalized spacial score (nSPS) is 10.6. The van der Waals surface area contributed by atoms with Crippen molar-refractivity contribution < 1.29 is 13.9 Å². The van der Waals surface area contributed by atoms with Crippen molar-refractivity contribution in [3.63, 3.8) is 0 Å². The zero-order valence-corrected chi connectivity index (χ0v) is 15.8. The third kappa shape index (κ3) is 3.46. The first-order valence-electron chi connectivity index (χ1n) is 8.47. The molecule has 0 saturated carbocycles. The number of nitrogens with zero attached hydrogens (tertiary/aromatic N) is 3. The molecule has 0 aliphatic carbocycles. The molecule has 138 valence electrons.